The van der Waals surface area contributed by atoms with Crippen LogP contribution in [0, 0.1) is 0 Å². The minimum absolute atomic E-state index is 0.0327. The van der Waals surface area contributed by atoms with Gasteiger partial charge in [-0.2, -0.15) is 8.42 Å². The summed E-state index contributed by atoms with van der Waals surface area (Å²) in [4.78, 5) is 13.0. The van der Waals surface area contributed by atoms with Crippen LogP contribution in [-0.4, -0.2) is 97.5 Å². The van der Waals surface area contributed by atoms with E-state index in [2.05, 4.69) is 78.8 Å². The second kappa shape index (κ2) is 47.8. The fourth-order valence-corrected chi connectivity index (χ4v) is 8.93. The Labute approximate surface area is 427 Å². The van der Waals surface area contributed by atoms with Gasteiger partial charge in [-0.1, -0.05) is 209 Å². The van der Waals surface area contributed by atoms with E-state index in [4.69, 9.17) is 18.9 Å². The van der Waals surface area contributed by atoms with E-state index in [0.717, 1.165) is 70.6 Å². The van der Waals surface area contributed by atoms with Crippen molar-refractivity contribution in [3.05, 3.63) is 60.8 Å². The molecule has 1 heterocycles. The molecule has 4 N–H and O–H groups in total. The first-order chi connectivity index (χ1) is 34.1. The number of aliphatic hydroxyl groups excluding tert-OH is 3. The maximum Gasteiger partial charge on any atom is 0.397 e. The van der Waals surface area contributed by atoms with Gasteiger partial charge in [0.2, 0.25) is 0 Å². The van der Waals surface area contributed by atoms with Gasteiger partial charge in [0, 0.05) is 13.0 Å². The fourth-order valence-electron chi connectivity index (χ4n) is 8.42. The van der Waals surface area contributed by atoms with E-state index in [1.54, 1.807) is 0 Å². The summed E-state index contributed by atoms with van der Waals surface area (Å²) < 4.78 is 59.4. The highest BCUT2D eigenvalue weighted by Crippen LogP contribution is 2.26. The summed E-state index contributed by atoms with van der Waals surface area (Å²) in [6, 6.07) is 0. The molecule has 0 saturated carbocycles. The van der Waals surface area contributed by atoms with Crippen molar-refractivity contribution in [2.24, 2.45) is 0 Å². The Morgan fingerprint density at radius 3 is 1.46 bits per heavy atom. The Hall–Kier alpha value is -2.20. The molecule has 0 aromatic carbocycles. The van der Waals surface area contributed by atoms with Crippen molar-refractivity contribution in [2.75, 3.05) is 26.4 Å². The molecule has 0 aromatic rings. The summed E-state index contributed by atoms with van der Waals surface area (Å²) in [5.41, 5.74) is 0. The van der Waals surface area contributed by atoms with E-state index in [1.807, 2.05) is 0 Å². The molecule has 0 aliphatic carbocycles. The molecule has 1 saturated heterocycles. The molecular formula is C57H102O12S. The van der Waals surface area contributed by atoms with Crippen LogP contribution in [0.5, 0.6) is 0 Å². The maximum atomic E-state index is 13.0. The van der Waals surface area contributed by atoms with Crippen LogP contribution in [0.4, 0.5) is 0 Å². The molecule has 6 unspecified atom stereocenters. The molecule has 1 aliphatic rings. The SMILES string of the molecule is CC/C=C\C/C=C\C/C=C\C/C=C\CCCCCCCCCCCCCCC(=O)OC(COCCCCCCCCCC/C=C\CCCCCCCC)COC1OC(CO)C(O)C(OS(=O)(=O)O)C1O. The van der Waals surface area contributed by atoms with Gasteiger partial charge in [-0.3, -0.25) is 9.35 Å². The van der Waals surface area contributed by atoms with Gasteiger partial charge in [0.15, 0.2) is 6.29 Å². The number of esters is 1. The Morgan fingerprint density at radius 1 is 0.557 bits per heavy atom. The summed E-state index contributed by atoms with van der Waals surface area (Å²) in [5, 5.41) is 30.8. The first-order valence-electron chi connectivity index (χ1n) is 28.0. The van der Waals surface area contributed by atoms with Crippen molar-refractivity contribution in [1.29, 1.82) is 0 Å². The van der Waals surface area contributed by atoms with E-state index < -0.39 is 59.8 Å². The highest BCUT2D eigenvalue weighted by Gasteiger charge is 2.48. The second-order valence-electron chi connectivity index (χ2n) is 19.1. The van der Waals surface area contributed by atoms with Crippen LogP contribution < -0.4 is 0 Å². The zero-order chi connectivity index (χ0) is 51.0. The molecule has 0 spiro atoms. The highest BCUT2D eigenvalue weighted by atomic mass is 32.3. The summed E-state index contributed by atoms with van der Waals surface area (Å²) in [6.45, 7) is 3.89. The van der Waals surface area contributed by atoms with Crippen LogP contribution in [0.25, 0.3) is 0 Å². The summed E-state index contributed by atoms with van der Waals surface area (Å²) in [7, 11) is -5.07. The number of hydrogen-bond donors (Lipinski definition) is 4. The van der Waals surface area contributed by atoms with E-state index in [9.17, 15) is 33.1 Å². The number of allylic oxidation sites excluding steroid dienone is 10. The first-order valence-corrected chi connectivity index (χ1v) is 29.4. The van der Waals surface area contributed by atoms with Crippen LogP contribution in [0.3, 0.4) is 0 Å². The smallest absolute Gasteiger partial charge is 0.397 e. The number of unbranched alkanes of at least 4 members (excludes halogenated alkanes) is 26. The highest BCUT2D eigenvalue weighted by molar-refractivity contribution is 7.80. The summed E-state index contributed by atoms with van der Waals surface area (Å²) >= 11 is 0. The molecule has 70 heavy (non-hydrogen) atoms. The Kier molecular flexibility index (Phi) is 44.9. The number of rotatable bonds is 49. The van der Waals surface area contributed by atoms with Gasteiger partial charge < -0.3 is 34.3 Å². The minimum Gasteiger partial charge on any atom is -0.457 e. The predicted octanol–water partition coefficient (Wildman–Crippen LogP) is 13.6. The van der Waals surface area contributed by atoms with Crippen LogP contribution in [0.2, 0.25) is 0 Å². The first kappa shape index (κ1) is 65.8. The van der Waals surface area contributed by atoms with Gasteiger partial charge in [0.05, 0.1) is 19.8 Å². The van der Waals surface area contributed by atoms with Crippen molar-refractivity contribution in [3.63, 3.8) is 0 Å². The van der Waals surface area contributed by atoms with Gasteiger partial charge in [0.25, 0.3) is 0 Å². The molecule has 1 aliphatic heterocycles. The molecule has 0 amide bonds. The number of hydrogen-bond acceptors (Lipinski definition) is 11. The lowest BCUT2D eigenvalue weighted by molar-refractivity contribution is -0.301. The zero-order valence-electron chi connectivity index (χ0n) is 44.1. The third-order valence-corrected chi connectivity index (χ3v) is 13.1. The molecule has 408 valence electrons. The monoisotopic (exact) mass is 1010 g/mol. The number of aliphatic hydroxyl groups is 3. The Bertz CT molecular complexity index is 1450. The lowest BCUT2D eigenvalue weighted by Crippen LogP contribution is -2.60. The number of ether oxygens (including phenoxy) is 4. The van der Waals surface area contributed by atoms with Gasteiger partial charge in [-0.15, -0.1) is 0 Å². The molecule has 0 radical (unpaired) electrons. The van der Waals surface area contributed by atoms with E-state index in [1.165, 1.54) is 135 Å². The zero-order valence-corrected chi connectivity index (χ0v) is 44.9. The van der Waals surface area contributed by atoms with Crippen molar-refractivity contribution in [2.45, 2.75) is 269 Å². The van der Waals surface area contributed by atoms with Crippen LogP contribution in [-0.2, 0) is 38.3 Å². The van der Waals surface area contributed by atoms with Gasteiger partial charge >= 0.3 is 16.4 Å². The minimum atomic E-state index is -5.07. The van der Waals surface area contributed by atoms with Crippen molar-refractivity contribution < 1.29 is 56.2 Å². The predicted molar refractivity (Wildman–Crippen MR) is 285 cm³/mol. The third kappa shape index (κ3) is 40.3. The van der Waals surface area contributed by atoms with Crippen molar-refractivity contribution in [3.8, 4) is 0 Å². The van der Waals surface area contributed by atoms with E-state index >= 15 is 0 Å². The fraction of sp³-hybridized carbons (Fsp3) is 0.807. The average molecular weight is 1010 g/mol. The Morgan fingerprint density at radius 2 is 0.986 bits per heavy atom. The molecule has 13 heteroatoms. The normalized spacial score (nSPS) is 19.5. The third-order valence-electron chi connectivity index (χ3n) is 12.6. The average Bonchev–Trinajstić information content (AvgIpc) is 3.34. The van der Waals surface area contributed by atoms with Crippen LogP contribution in [0.15, 0.2) is 60.8 Å². The Balaban J connectivity index is 2.30. The van der Waals surface area contributed by atoms with Gasteiger partial charge in [0.1, 0.15) is 30.5 Å². The molecule has 1 fully saturated rings. The topological polar surface area (TPSA) is 178 Å². The van der Waals surface area contributed by atoms with Crippen molar-refractivity contribution in [1.82, 2.24) is 0 Å². The van der Waals surface area contributed by atoms with Gasteiger partial charge in [-0.05, 0) is 77.0 Å². The standard InChI is InChI=1S/C57H102O12S/c1-3-5-7-9-11-13-15-17-19-21-23-24-25-26-27-28-29-30-32-34-36-38-40-42-44-46-53(59)67-51(50-66-57-55(61)56(69-70(62,63)64)54(60)52(48-58)68-57)49-65-47-45-43-41-39-37-35-33-31-22-20-18-16-14-12-10-8-6-4-2/h5,7,11,13,17-20,23-24,51-52,54-58,60-61H,3-4,6,8-10,12,14-16,21-22,25-50H2,1-2H3,(H,62,63,64)/b7-5-,13-11-,19-17-,20-18-,24-23-. The summed E-state index contributed by atoms with van der Waals surface area (Å²) in [5.74, 6) is -0.402. The molecule has 12 nitrogen and oxygen atoms in total. The lowest BCUT2D eigenvalue weighted by Gasteiger charge is -2.41. The van der Waals surface area contributed by atoms with Crippen molar-refractivity contribution >= 4 is 16.4 Å². The molecule has 0 aromatic heterocycles. The van der Waals surface area contributed by atoms with E-state index in [-0.39, 0.29) is 19.6 Å². The largest absolute Gasteiger partial charge is 0.457 e. The van der Waals surface area contributed by atoms with Gasteiger partial charge in [-0.25, -0.2) is 4.18 Å². The van der Waals surface area contributed by atoms with Crippen LogP contribution in [0.1, 0.15) is 232 Å². The number of carbonyl (C=O) groups excluding carboxylic acids is 1. The molecular weight excluding hydrogens is 909 g/mol. The lowest BCUT2D eigenvalue weighted by atomic mass is 9.99. The van der Waals surface area contributed by atoms with E-state index in [0.29, 0.717) is 13.0 Å². The second-order valence-corrected chi connectivity index (χ2v) is 20.2. The molecule has 1 rings (SSSR count). The quantitative estimate of drug-likeness (QED) is 0.0196. The molecule has 0 bridgehead atoms. The van der Waals surface area contributed by atoms with Crippen LogP contribution >= 0.6 is 0 Å². The maximum absolute atomic E-state index is 13.0. The summed E-state index contributed by atoms with van der Waals surface area (Å²) in [6.07, 6.45) is 52.5. The number of carbonyl (C=O) groups is 1. The molecule has 6 atom stereocenters.